The van der Waals surface area contributed by atoms with Crippen LogP contribution in [0.1, 0.15) is 52.7 Å². The highest BCUT2D eigenvalue weighted by atomic mass is 79.9. The van der Waals surface area contributed by atoms with Crippen LogP contribution in [-0.2, 0) is 10.8 Å². The van der Waals surface area contributed by atoms with Gasteiger partial charge >= 0.3 is 0 Å². The van der Waals surface area contributed by atoms with E-state index in [4.69, 9.17) is 0 Å². The second-order valence-electron chi connectivity index (χ2n) is 16.6. The number of para-hydroxylation sites is 8. The van der Waals surface area contributed by atoms with Gasteiger partial charge in [-0.15, -0.1) is 0 Å². The number of hydrogen-bond acceptors (Lipinski definition) is 4. The molecule has 0 saturated heterocycles. The van der Waals surface area contributed by atoms with E-state index in [2.05, 4.69) is 241 Å². The molecule has 0 atom stereocenters. The van der Waals surface area contributed by atoms with E-state index in [0.717, 1.165) is 72.7 Å². The molecule has 0 N–H and O–H groups in total. The highest BCUT2D eigenvalue weighted by Crippen LogP contribution is 2.57. The lowest BCUT2D eigenvalue weighted by Crippen LogP contribution is -2.25. The normalized spacial score (nSPS) is 13.6. The highest BCUT2D eigenvalue weighted by molar-refractivity contribution is 9.10. The minimum Gasteiger partial charge on any atom is -0.306 e. The number of benzene rings is 7. The summed E-state index contributed by atoms with van der Waals surface area (Å²) >= 11 is 3.97. The third-order valence-electron chi connectivity index (χ3n) is 10.8. The van der Waals surface area contributed by atoms with Crippen LogP contribution < -0.4 is 19.6 Å². The van der Waals surface area contributed by atoms with Crippen molar-refractivity contribution < 1.29 is 0 Å². The van der Waals surface area contributed by atoms with E-state index in [1.165, 1.54) is 11.1 Å². The monoisotopic (exact) mass is 780 g/mol. The average molecular weight is 782 g/mol. The summed E-state index contributed by atoms with van der Waals surface area (Å²) in [6.45, 7) is 13.6. The van der Waals surface area contributed by atoms with Gasteiger partial charge in [-0.3, -0.25) is 0 Å². The molecule has 0 spiro atoms. The van der Waals surface area contributed by atoms with Crippen molar-refractivity contribution in [3.63, 3.8) is 0 Å². The van der Waals surface area contributed by atoms with Gasteiger partial charge in [-0.1, -0.05) is 130 Å². The van der Waals surface area contributed by atoms with Crippen LogP contribution in [0.25, 0.3) is 0 Å². The van der Waals surface area contributed by atoms with Crippen molar-refractivity contribution in [2.75, 3.05) is 19.6 Å². The van der Waals surface area contributed by atoms with Crippen LogP contribution in [0.15, 0.2) is 168 Å². The van der Waals surface area contributed by atoms with Gasteiger partial charge in [-0.25, -0.2) is 0 Å². The Labute approximate surface area is 334 Å². The summed E-state index contributed by atoms with van der Waals surface area (Å²) in [7, 11) is 0. The Balaban J connectivity index is 1.18. The van der Waals surface area contributed by atoms with Gasteiger partial charge in [0.2, 0.25) is 0 Å². The molecular weight excluding hydrogens is 736 g/mol. The molecule has 7 aromatic carbocycles. The molecule has 0 amide bonds. The topological polar surface area (TPSA) is 13.0 Å². The molecule has 0 bridgehead atoms. The summed E-state index contributed by atoms with van der Waals surface area (Å²) in [6, 6.07) is 59.8. The number of halogens is 1. The Kier molecular flexibility index (Phi) is 8.39. The molecule has 9 rings (SSSR count). The third-order valence-corrected chi connectivity index (χ3v) is 11.3. The lowest BCUT2D eigenvalue weighted by atomic mass is 9.87. The van der Waals surface area contributed by atoms with Gasteiger partial charge in [0.1, 0.15) is 0 Å². The standard InChI is InChI=1S/C50H45BrN4/c1-49(2,3)34-23-27-37(28-24-34)52-41-15-7-11-19-45(41)54(46-20-12-8-16-42(46)52)39-31-36(51)32-40(33-39)55-47-21-13-9-17-43(47)53(44-18-10-14-22-48(44)55)38-29-25-35(26-30-38)50(4,5)6/h7-33H,1-6H3. The fraction of sp³-hybridized carbons (Fsp3) is 0.160. The quantitative estimate of drug-likeness (QED) is 0.176. The van der Waals surface area contributed by atoms with Crippen LogP contribution in [0, 0.1) is 0 Å². The number of rotatable bonds is 4. The van der Waals surface area contributed by atoms with Crippen molar-refractivity contribution in [1.82, 2.24) is 0 Å². The molecule has 0 unspecified atom stereocenters. The maximum atomic E-state index is 3.97. The maximum absolute atomic E-state index is 3.97. The maximum Gasteiger partial charge on any atom is 0.0703 e. The zero-order valence-electron chi connectivity index (χ0n) is 32.3. The highest BCUT2D eigenvalue weighted by Gasteiger charge is 2.33. The molecule has 5 heteroatoms. The van der Waals surface area contributed by atoms with Gasteiger partial charge in [-0.2, -0.15) is 0 Å². The molecule has 7 aromatic rings. The van der Waals surface area contributed by atoms with Crippen molar-refractivity contribution in [2.45, 2.75) is 52.4 Å². The fourth-order valence-corrected chi connectivity index (χ4v) is 8.51. The number of anilines is 12. The Morgan fingerprint density at radius 1 is 0.309 bits per heavy atom. The Morgan fingerprint density at radius 3 is 0.782 bits per heavy atom. The molecule has 4 nitrogen and oxygen atoms in total. The molecule has 2 aliphatic heterocycles. The SMILES string of the molecule is CC(C)(C)c1ccc(N2c3ccccc3N(c3cc(Br)cc(N4c5ccccc5N(c5ccc(C(C)(C)C)cc5)c5ccccc54)c3)c3ccccc32)cc1. The summed E-state index contributed by atoms with van der Waals surface area (Å²) in [4.78, 5) is 9.60. The molecule has 0 fully saturated rings. The summed E-state index contributed by atoms with van der Waals surface area (Å²) in [5, 5.41) is 0. The summed E-state index contributed by atoms with van der Waals surface area (Å²) in [5.74, 6) is 0. The second kappa shape index (κ2) is 13.2. The average Bonchev–Trinajstić information content (AvgIpc) is 3.18. The van der Waals surface area contributed by atoms with Gasteiger partial charge in [0.05, 0.1) is 45.5 Å². The summed E-state index contributed by atoms with van der Waals surface area (Å²) in [5.41, 5.74) is 16.2. The first-order chi connectivity index (χ1) is 26.5. The van der Waals surface area contributed by atoms with Gasteiger partial charge in [0.15, 0.2) is 0 Å². The van der Waals surface area contributed by atoms with E-state index in [1.54, 1.807) is 0 Å². The third kappa shape index (κ3) is 6.07. The predicted molar refractivity (Wildman–Crippen MR) is 237 cm³/mol. The minimum absolute atomic E-state index is 0.0802. The van der Waals surface area contributed by atoms with E-state index in [1.807, 2.05) is 0 Å². The number of hydrogen-bond donors (Lipinski definition) is 0. The van der Waals surface area contributed by atoms with Crippen LogP contribution >= 0.6 is 15.9 Å². The van der Waals surface area contributed by atoms with Gasteiger partial charge in [0, 0.05) is 27.2 Å². The van der Waals surface area contributed by atoms with E-state index in [-0.39, 0.29) is 10.8 Å². The molecule has 0 aromatic heterocycles. The van der Waals surface area contributed by atoms with Crippen molar-refractivity contribution >= 4 is 84.2 Å². The molecular formula is C50H45BrN4. The molecule has 0 aliphatic carbocycles. The first-order valence-electron chi connectivity index (χ1n) is 19.1. The molecule has 2 heterocycles. The molecule has 55 heavy (non-hydrogen) atoms. The van der Waals surface area contributed by atoms with Crippen LogP contribution in [0.4, 0.5) is 68.2 Å². The number of fused-ring (bicyclic) bond motifs is 4. The van der Waals surface area contributed by atoms with Crippen LogP contribution in [-0.4, -0.2) is 0 Å². The van der Waals surface area contributed by atoms with Crippen molar-refractivity contribution in [3.8, 4) is 0 Å². The smallest absolute Gasteiger partial charge is 0.0703 e. The predicted octanol–water partition coefficient (Wildman–Crippen LogP) is 15.6. The van der Waals surface area contributed by atoms with Crippen LogP contribution in [0.2, 0.25) is 0 Å². The second-order valence-corrected chi connectivity index (χ2v) is 17.5. The Morgan fingerprint density at radius 2 is 0.545 bits per heavy atom. The number of nitrogens with zero attached hydrogens (tertiary/aromatic N) is 4. The van der Waals surface area contributed by atoms with Crippen molar-refractivity contribution in [2.24, 2.45) is 0 Å². The van der Waals surface area contributed by atoms with Crippen LogP contribution in [0.5, 0.6) is 0 Å². The molecule has 0 saturated carbocycles. The van der Waals surface area contributed by atoms with Gasteiger partial charge in [0.25, 0.3) is 0 Å². The van der Waals surface area contributed by atoms with E-state index in [0.29, 0.717) is 0 Å². The first kappa shape index (κ1) is 35.0. The van der Waals surface area contributed by atoms with Crippen LogP contribution in [0.3, 0.4) is 0 Å². The van der Waals surface area contributed by atoms with E-state index < -0.39 is 0 Å². The summed E-state index contributed by atoms with van der Waals surface area (Å²) < 4.78 is 1.00. The molecule has 0 radical (unpaired) electrons. The lowest BCUT2D eigenvalue weighted by molar-refractivity contribution is 0.590. The minimum atomic E-state index is 0.0802. The van der Waals surface area contributed by atoms with E-state index >= 15 is 0 Å². The van der Waals surface area contributed by atoms with Crippen molar-refractivity contribution in [3.05, 3.63) is 179 Å². The largest absolute Gasteiger partial charge is 0.306 e. The summed E-state index contributed by atoms with van der Waals surface area (Å²) in [6.07, 6.45) is 0. The van der Waals surface area contributed by atoms with Crippen molar-refractivity contribution in [1.29, 1.82) is 0 Å². The zero-order chi connectivity index (χ0) is 38.1. The molecule has 272 valence electrons. The molecule has 2 aliphatic rings. The van der Waals surface area contributed by atoms with E-state index in [9.17, 15) is 0 Å². The zero-order valence-corrected chi connectivity index (χ0v) is 33.8. The fourth-order valence-electron chi connectivity index (χ4n) is 8.04. The first-order valence-corrected chi connectivity index (χ1v) is 19.8. The Hall–Kier alpha value is -5.78. The van der Waals surface area contributed by atoms with Gasteiger partial charge in [-0.05, 0) is 113 Å². The lowest BCUT2D eigenvalue weighted by Gasteiger charge is -2.42. The Bertz CT molecular complexity index is 2270. The van der Waals surface area contributed by atoms with Gasteiger partial charge < -0.3 is 19.6 Å².